The summed E-state index contributed by atoms with van der Waals surface area (Å²) in [6.45, 7) is -0.343. The first-order chi connectivity index (χ1) is 17.5. The zero-order valence-corrected chi connectivity index (χ0v) is 19.2. The summed E-state index contributed by atoms with van der Waals surface area (Å²) in [6, 6.07) is 31.7. The molecule has 7 nitrogen and oxygen atoms in total. The second-order valence-electron chi connectivity index (χ2n) is 7.87. The summed E-state index contributed by atoms with van der Waals surface area (Å²) in [6.07, 6.45) is 0. The monoisotopic (exact) mass is 477 g/mol. The summed E-state index contributed by atoms with van der Waals surface area (Å²) in [7, 11) is 0. The lowest BCUT2D eigenvalue weighted by molar-refractivity contribution is -0.120. The normalized spacial score (nSPS) is 10.2. The van der Waals surface area contributed by atoms with Crippen LogP contribution < -0.4 is 16.2 Å². The maximum absolute atomic E-state index is 12.8. The van der Waals surface area contributed by atoms with E-state index in [-0.39, 0.29) is 23.5 Å². The molecule has 0 aliphatic rings. The van der Waals surface area contributed by atoms with Gasteiger partial charge in [-0.3, -0.25) is 30.0 Å². The highest BCUT2D eigenvalue weighted by Gasteiger charge is 2.18. The number of rotatable bonds is 7. The highest BCUT2D eigenvalue weighted by atomic mass is 16.2. The molecule has 0 radical (unpaired) electrons. The maximum atomic E-state index is 12.8. The first kappa shape index (κ1) is 24.1. The Labute approximate surface area is 208 Å². The summed E-state index contributed by atoms with van der Waals surface area (Å²) in [5, 5.41) is 2.52. The van der Waals surface area contributed by atoms with Crippen molar-refractivity contribution < 1.29 is 19.2 Å². The molecule has 0 saturated carbocycles. The van der Waals surface area contributed by atoms with Crippen LogP contribution in [0.25, 0.3) is 11.1 Å². The summed E-state index contributed by atoms with van der Waals surface area (Å²) in [5.74, 6) is -2.00. The molecule has 36 heavy (non-hydrogen) atoms. The maximum Gasteiger partial charge on any atom is 0.270 e. The van der Waals surface area contributed by atoms with E-state index in [1.54, 1.807) is 60.7 Å². The second kappa shape index (κ2) is 11.4. The summed E-state index contributed by atoms with van der Waals surface area (Å²) < 4.78 is 0. The highest BCUT2D eigenvalue weighted by Crippen LogP contribution is 2.19. The molecule has 0 saturated heterocycles. The van der Waals surface area contributed by atoms with Crippen LogP contribution in [0.3, 0.4) is 0 Å². The van der Waals surface area contributed by atoms with Crippen LogP contribution in [0, 0.1) is 0 Å². The third kappa shape index (κ3) is 5.90. The third-order valence-electron chi connectivity index (χ3n) is 5.43. The van der Waals surface area contributed by atoms with Gasteiger partial charge in [0.2, 0.25) is 0 Å². The minimum atomic E-state index is -0.647. The van der Waals surface area contributed by atoms with Crippen molar-refractivity contribution in [2.75, 3.05) is 6.54 Å². The van der Waals surface area contributed by atoms with Crippen LogP contribution in [0.5, 0.6) is 0 Å². The fraction of sp³-hybridized carbons (Fsp3) is 0.0345. The smallest absolute Gasteiger partial charge is 0.270 e. The molecule has 0 aliphatic carbocycles. The number of ketones is 1. The van der Waals surface area contributed by atoms with Gasteiger partial charge in [0.1, 0.15) is 0 Å². The lowest BCUT2D eigenvalue weighted by Gasteiger charge is -2.11. The van der Waals surface area contributed by atoms with Gasteiger partial charge >= 0.3 is 0 Å². The Hall–Kier alpha value is -5.04. The topological polar surface area (TPSA) is 104 Å². The van der Waals surface area contributed by atoms with E-state index in [1.807, 2.05) is 42.5 Å². The number of hydrazine groups is 1. The molecule has 178 valence electrons. The van der Waals surface area contributed by atoms with Crippen molar-refractivity contribution in [3.63, 3.8) is 0 Å². The van der Waals surface area contributed by atoms with Gasteiger partial charge in [-0.2, -0.15) is 0 Å². The van der Waals surface area contributed by atoms with Crippen molar-refractivity contribution in [2.24, 2.45) is 0 Å². The van der Waals surface area contributed by atoms with E-state index in [2.05, 4.69) is 16.2 Å². The Bertz CT molecular complexity index is 1390. The lowest BCUT2D eigenvalue weighted by atomic mass is 9.98. The molecule has 4 aromatic rings. The fourth-order valence-electron chi connectivity index (χ4n) is 3.57. The van der Waals surface area contributed by atoms with Crippen LogP contribution in [0.2, 0.25) is 0 Å². The zero-order valence-electron chi connectivity index (χ0n) is 19.2. The van der Waals surface area contributed by atoms with Gasteiger partial charge in [-0.05, 0) is 29.3 Å². The summed E-state index contributed by atoms with van der Waals surface area (Å²) in [4.78, 5) is 50.0. The summed E-state index contributed by atoms with van der Waals surface area (Å²) in [5.41, 5.74) is 7.74. The molecule has 0 aliphatic heterocycles. The summed E-state index contributed by atoms with van der Waals surface area (Å²) >= 11 is 0. The Morgan fingerprint density at radius 1 is 0.500 bits per heavy atom. The van der Waals surface area contributed by atoms with Gasteiger partial charge in [-0.25, -0.2) is 0 Å². The van der Waals surface area contributed by atoms with Crippen LogP contribution in [0.15, 0.2) is 109 Å². The van der Waals surface area contributed by atoms with E-state index < -0.39 is 17.7 Å². The van der Waals surface area contributed by atoms with Crippen molar-refractivity contribution in [1.82, 2.24) is 16.2 Å². The minimum absolute atomic E-state index is 0.120. The number of nitrogens with one attached hydrogen (secondary N) is 3. The van der Waals surface area contributed by atoms with Crippen molar-refractivity contribution in [3.05, 3.63) is 131 Å². The van der Waals surface area contributed by atoms with Gasteiger partial charge in [-0.1, -0.05) is 91.0 Å². The largest absolute Gasteiger partial charge is 0.343 e. The minimum Gasteiger partial charge on any atom is -0.343 e. The predicted molar refractivity (Wildman–Crippen MR) is 136 cm³/mol. The fourth-order valence-corrected chi connectivity index (χ4v) is 3.57. The van der Waals surface area contributed by atoms with Crippen LogP contribution in [-0.4, -0.2) is 30.0 Å². The Kier molecular flexibility index (Phi) is 7.63. The number of hydrogen-bond acceptors (Lipinski definition) is 4. The van der Waals surface area contributed by atoms with Crippen molar-refractivity contribution in [2.45, 2.75) is 0 Å². The average molecular weight is 478 g/mol. The molecule has 0 spiro atoms. The van der Waals surface area contributed by atoms with Gasteiger partial charge in [0, 0.05) is 16.7 Å². The predicted octanol–water partition coefficient (Wildman–Crippen LogP) is 3.78. The molecule has 3 N–H and O–H groups in total. The lowest BCUT2D eigenvalue weighted by Crippen LogP contribution is -2.46. The molecule has 0 fully saturated rings. The molecular weight excluding hydrogens is 454 g/mol. The van der Waals surface area contributed by atoms with E-state index in [0.717, 1.165) is 11.1 Å². The van der Waals surface area contributed by atoms with Crippen LogP contribution in [-0.2, 0) is 4.79 Å². The number of carbonyl (C=O) groups excluding carboxylic acids is 4. The van der Waals surface area contributed by atoms with Gasteiger partial charge in [0.05, 0.1) is 12.1 Å². The van der Waals surface area contributed by atoms with Crippen LogP contribution in [0.1, 0.15) is 36.6 Å². The Morgan fingerprint density at radius 3 is 1.72 bits per heavy atom. The molecule has 7 heteroatoms. The number of amides is 3. The van der Waals surface area contributed by atoms with E-state index in [4.69, 9.17) is 0 Å². The van der Waals surface area contributed by atoms with Crippen LogP contribution >= 0.6 is 0 Å². The molecule has 3 amide bonds. The molecule has 4 rings (SSSR count). The van der Waals surface area contributed by atoms with Crippen LogP contribution in [0.4, 0.5) is 0 Å². The quantitative estimate of drug-likeness (QED) is 0.278. The Balaban J connectivity index is 1.30. The van der Waals surface area contributed by atoms with E-state index in [9.17, 15) is 19.2 Å². The van der Waals surface area contributed by atoms with Gasteiger partial charge in [0.15, 0.2) is 5.78 Å². The van der Waals surface area contributed by atoms with Gasteiger partial charge in [0.25, 0.3) is 17.7 Å². The third-order valence-corrected chi connectivity index (χ3v) is 5.43. The number of carbonyl (C=O) groups is 4. The highest BCUT2D eigenvalue weighted by molar-refractivity contribution is 6.15. The second-order valence-corrected chi connectivity index (χ2v) is 7.87. The zero-order chi connectivity index (χ0) is 25.3. The molecule has 0 aromatic heterocycles. The van der Waals surface area contributed by atoms with E-state index in [1.165, 1.54) is 6.07 Å². The average Bonchev–Trinajstić information content (AvgIpc) is 2.95. The molecule has 0 bridgehead atoms. The number of benzene rings is 4. The molecule has 0 heterocycles. The van der Waals surface area contributed by atoms with Crippen molar-refractivity contribution in [3.8, 4) is 11.1 Å². The SMILES string of the molecule is O=C(CNC(=O)c1ccc(-c2ccccc2)cc1)NNC(=O)c1ccccc1C(=O)c1ccccc1. The molecular formula is C29H23N3O4. The van der Waals surface area contributed by atoms with Crippen molar-refractivity contribution in [1.29, 1.82) is 0 Å². The molecule has 0 unspecified atom stereocenters. The van der Waals surface area contributed by atoms with Gasteiger partial charge in [-0.15, -0.1) is 0 Å². The van der Waals surface area contributed by atoms with E-state index in [0.29, 0.717) is 11.1 Å². The first-order valence-electron chi connectivity index (χ1n) is 11.2. The van der Waals surface area contributed by atoms with E-state index >= 15 is 0 Å². The molecule has 4 aromatic carbocycles. The standard InChI is InChI=1S/C29H23N3O4/c33-26(19-30-28(35)23-17-15-21(16-18-23)20-9-3-1-4-10-20)31-32-29(36)25-14-8-7-13-24(25)27(34)22-11-5-2-6-12-22/h1-18H,19H2,(H,30,35)(H,31,33)(H,32,36). The van der Waals surface area contributed by atoms with Crippen molar-refractivity contribution >= 4 is 23.5 Å². The molecule has 0 atom stereocenters. The van der Waals surface area contributed by atoms with Gasteiger partial charge < -0.3 is 5.32 Å². The first-order valence-corrected chi connectivity index (χ1v) is 11.2. The Morgan fingerprint density at radius 2 is 1.06 bits per heavy atom. The number of hydrogen-bond donors (Lipinski definition) is 3.